The molecule has 0 radical (unpaired) electrons. The maximum absolute atomic E-state index is 15.5. The highest BCUT2D eigenvalue weighted by Gasteiger charge is 2.23. The second kappa shape index (κ2) is 15.3. The molecule has 4 aromatic rings. The van der Waals surface area contributed by atoms with Crippen LogP contribution in [0, 0.1) is 11.6 Å². The van der Waals surface area contributed by atoms with Crippen molar-refractivity contribution in [2.75, 3.05) is 19.8 Å². The molecule has 2 aromatic carbocycles. The SMILES string of the molecule is CCOCCn1cc(C(=O)CCCc2ccc(OC3=CC(c4cnn(C)c4)=CN4CCC=CC=C34)c(F)c2)c(=O)n(-c2ccc(F)cc2)c1=O. The molecule has 6 rings (SSSR count). The van der Waals surface area contributed by atoms with E-state index in [0.717, 1.165) is 46.5 Å². The predicted molar refractivity (Wildman–Crippen MR) is 185 cm³/mol. The molecule has 12 heteroatoms. The summed E-state index contributed by atoms with van der Waals surface area (Å²) in [5, 5.41) is 4.28. The van der Waals surface area contributed by atoms with Crippen molar-refractivity contribution in [3.63, 3.8) is 0 Å². The zero-order chi connectivity index (χ0) is 35.2. The van der Waals surface area contributed by atoms with E-state index < -0.39 is 28.7 Å². The molecule has 50 heavy (non-hydrogen) atoms. The second-order valence-corrected chi connectivity index (χ2v) is 11.9. The summed E-state index contributed by atoms with van der Waals surface area (Å²) in [7, 11) is 1.85. The topological polar surface area (TPSA) is 101 Å². The molecule has 0 saturated carbocycles. The Morgan fingerprint density at radius 2 is 1.88 bits per heavy atom. The van der Waals surface area contributed by atoms with Crippen LogP contribution >= 0.6 is 0 Å². The first-order valence-corrected chi connectivity index (χ1v) is 16.5. The van der Waals surface area contributed by atoms with Crippen molar-refractivity contribution in [1.29, 1.82) is 0 Å². The number of aryl methyl sites for hydroxylation is 2. The monoisotopic (exact) mass is 681 g/mol. The number of aromatic nitrogens is 4. The Kier molecular flexibility index (Phi) is 10.5. The highest BCUT2D eigenvalue weighted by Crippen LogP contribution is 2.33. The molecule has 0 aliphatic carbocycles. The lowest BCUT2D eigenvalue weighted by molar-refractivity contribution is 0.0976. The minimum absolute atomic E-state index is 0.0178. The third-order valence-corrected chi connectivity index (χ3v) is 8.42. The summed E-state index contributed by atoms with van der Waals surface area (Å²) in [6.07, 6.45) is 16.3. The number of Topliss-reactive ketones (excluding diaryl/α,β-unsaturated/α-hetero) is 1. The lowest BCUT2D eigenvalue weighted by Crippen LogP contribution is -2.41. The number of allylic oxidation sites excluding steroid dienone is 4. The van der Waals surface area contributed by atoms with Gasteiger partial charge in [0.25, 0.3) is 5.56 Å². The van der Waals surface area contributed by atoms with Gasteiger partial charge in [-0.15, -0.1) is 0 Å². The van der Waals surface area contributed by atoms with Gasteiger partial charge in [0.15, 0.2) is 23.1 Å². The smallest absolute Gasteiger partial charge is 0.335 e. The van der Waals surface area contributed by atoms with Gasteiger partial charge in [-0.25, -0.2) is 18.1 Å². The number of hydrogen-bond acceptors (Lipinski definition) is 7. The number of halogens is 2. The summed E-state index contributed by atoms with van der Waals surface area (Å²) in [6, 6.07) is 9.60. The zero-order valence-electron chi connectivity index (χ0n) is 27.9. The normalized spacial score (nSPS) is 14.1. The minimum atomic E-state index is -0.789. The van der Waals surface area contributed by atoms with Crippen molar-refractivity contribution in [2.24, 2.45) is 7.05 Å². The van der Waals surface area contributed by atoms with Crippen LogP contribution in [0.5, 0.6) is 5.75 Å². The molecular formula is C38H37F2N5O5. The molecule has 0 bridgehead atoms. The van der Waals surface area contributed by atoms with Crippen LogP contribution in [0.1, 0.15) is 47.7 Å². The van der Waals surface area contributed by atoms with E-state index in [1.807, 2.05) is 44.6 Å². The van der Waals surface area contributed by atoms with Gasteiger partial charge in [-0.1, -0.05) is 18.2 Å². The highest BCUT2D eigenvalue weighted by molar-refractivity contribution is 5.95. The molecule has 0 saturated heterocycles. The Morgan fingerprint density at radius 1 is 1.06 bits per heavy atom. The van der Waals surface area contributed by atoms with Crippen LogP contribution < -0.4 is 16.0 Å². The lowest BCUT2D eigenvalue weighted by Gasteiger charge is -2.29. The van der Waals surface area contributed by atoms with Crippen molar-refractivity contribution in [3.8, 4) is 11.4 Å². The van der Waals surface area contributed by atoms with Crippen LogP contribution in [-0.4, -0.2) is 49.4 Å². The van der Waals surface area contributed by atoms with Gasteiger partial charge >= 0.3 is 5.69 Å². The van der Waals surface area contributed by atoms with Crippen LogP contribution in [0.15, 0.2) is 113 Å². The van der Waals surface area contributed by atoms with Crippen molar-refractivity contribution < 1.29 is 23.0 Å². The summed E-state index contributed by atoms with van der Waals surface area (Å²) in [6.45, 7) is 3.30. The lowest BCUT2D eigenvalue weighted by atomic mass is 10.0. The number of rotatable bonds is 13. The highest BCUT2D eigenvalue weighted by atomic mass is 19.1. The van der Waals surface area contributed by atoms with E-state index in [0.29, 0.717) is 30.8 Å². The molecule has 258 valence electrons. The average Bonchev–Trinajstić information content (AvgIpc) is 3.39. The van der Waals surface area contributed by atoms with Crippen LogP contribution in [0.25, 0.3) is 11.3 Å². The fourth-order valence-corrected chi connectivity index (χ4v) is 5.84. The molecule has 10 nitrogen and oxygen atoms in total. The summed E-state index contributed by atoms with van der Waals surface area (Å²) >= 11 is 0. The van der Waals surface area contributed by atoms with E-state index in [9.17, 15) is 18.8 Å². The van der Waals surface area contributed by atoms with Gasteiger partial charge in [-0.3, -0.25) is 18.8 Å². The molecule has 0 fully saturated rings. The van der Waals surface area contributed by atoms with Crippen molar-refractivity contribution in [3.05, 3.63) is 152 Å². The number of benzene rings is 2. The fourth-order valence-electron chi connectivity index (χ4n) is 5.84. The number of ether oxygens (including phenoxy) is 2. The van der Waals surface area contributed by atoms with E-state index in [2.05, 4.69) is 16.1 Å². The van der Waals surface area contributed by atoms with Crippen molar-refractivity contribution in [2.45, 2.75) is 39.2 Å². The van der Waals surface area contributed by atoms with Gasteiger partial charge in [0, 0.05) is 56.4 Å². The van der Waals surface area contributed by atoms with E-state index >= 15 is 4.39 Å². The number of nitrogens with zero attached hydrogens (tertiary/aromatic N) is 5. The summed E-state index contributed by atoms with van der Waals surface area (Å²) < 4.78 is 44.4. The van der Waals surface area contributed by atoms with Crippen LogP contribution in [0.4, 0.5) is 8.78 Å². The summed E-state index contributed by atoms with van der Waals surface area (Å²) in [5.74, 6) is -0.973. The van der Waals surface area contributed by atoms with Gasteiger partial charge in [0.05, 0.1) is 36.3 Å². The number of carbonyl (C=O) groups is 1. The van der Waals surface area contributed by atoms with E-state index in [4.69, 9.17) is 9.47 Å². The van der Waals surface area contributed by atoms with Gasteiger partial charge in [0.2, 0.25) is 0 Å². The van der Waals surface area contributed by atoms with Crippen LogP contribution in [0.2, 0.25) is 0 Å². The van der Waals surface area contributed by atoms with Crippen molar-refractivity contribution >= 4 is 11.4 Å². The molecule has 4 heterocycles. The van der Waals surface area contributed by atoms with E-state index in [-0.39, 0.29) is 36.6 Å². The predicted octanol–water partition coefficient (Wildman–Crippen LogP) is 5.72. The fraction of sp³-hybridized carbons (Fsp3) is 0.263. The molecule has 0 N–H and O–H groups in total. The minimum Gasteiger partial charge on any atom is -0.452 e. The van der Waals surface area contributed by atoms with E-state index in [1.165, 1.54) is 29.0 Å². The molecule has 0 spiro atoms. The number of fused-ring (bicyclic) bond motifs is 1. The second-order valence-electron chi connectivity index (χ2n) is 11.9. The molecule has 2 aliphatic rings. The molecular weight excluding hydrogens is 644 g/mol. The van der Waals surface area contributed by atoms with E-state index in [1.54, 1.807) is 23.0 Å². The van der Waals surface area contributed by atoms with Gasteiger partial charge < -0.3 is 14.4 Å². The molecule has 0 amide bonds. The van der Waals surface area contributed by atoms with Gasteiger partial charge in [-0.2, -0.15) is 5.10 Å². The molecule has 0 unspecified atom stereocenters. The van der Waals surface area contributed by atoms with Crippen LogP contribution in [-0.2, 0) is 24.8 Å². The van der Waals surface area contributed by atoms with Gasteiger partial charge in [-0.05, 0) is 80.3 Å². The Labute approximate surface area is 287 Å². The zero-order valence-corrected chi connectivity index (χ0v) is 27.9. The third-order valence-electron chi connectivity index (χ3n) is 8.42. The maximum atomic E-state index is 15.5. The third kappa shape index (κ3) is 7.65. The van der Waals surface area contributed by atoms with Crippen LogP contribution in [0.3, 0.4) is 0 Å². The average molecular weight is 682 g/mol. The summed E-state index contributed by atoms with van der Waals surface area (Å²) in [4.78, 5) is 42.0. The number of hydrogen-bond donors (Lipinski definition) is 0. The molecule has 0 atom stereocenters. The van der Waals surface area contributed by atoms with Gasteiger partial charge in [0.1, 0.15) is 5.82 Å². The Bertz CT molecular complexity index is 2140. The van der Waals surface area contributed by atoms with Crippen molar-refractivity contribution in [1.82, 2.24) is 23.8 Å². The standard InChI is InChI=1S/C38H37F2N5O5/c1-3-49-19-18-44-25-31(37(47)45(38(44)48)30-14-12-29(39)13-15-30)34(46)10-7-8-26-11-16-35(32(40)20-26)50-36-21-27(28-22-41-42(2)23-28)24-43-17-6-4-5-9-33(36)43/h4-5,9,11-16,20-25H,3,6-8,10,17-19H2,1-2H3. The number of ketones is 1. The first-order chi connectivity index (χ1) is 24.2. The quantitative estimate of drug-likeness (QED) is 0.132. The Hall–Kier alpha value is -5.62. The first-order valence-electron chi connectivity index (χ1n) is 16.5. The molecule has 2 aliphatic heterocycles. The summed E-state index contributed by atoms with van der Waals surface area (Å²) in [5.41, 5.74) is 1.80. The Balaban J connectivity index is 1.17. The maximum Gasteiger partial charge on any atom is 0.335 e. The Morgan fingerprint density at radius 3 is 2.62 bits per heavy atom. The number of carbonyl (C=O) groups excluding carboxylic acids is 1. The first kappa shape index (κ1) is 34.3. The molecule has 2 aromatic heterocycles. The largest absolute Gasteiger partial charge is 0.452 e.